The topological polar surface area (TPSA) is 64.6 Å². The molecule has 0 aromatic heterocycles. The molecule has 1 N–H and O–H groups in total. The number of carbonyl (C=O) groups is 2. The third-order valence-electron chi connectivity index (χ3n) is 3.27. The molecule has 0 atom stereocenters. The van der Waals surface area contributed by atoms with Crippen molar-refractivity contribution in [2.24, 2.45) is 0 Å². The van der Waals surface area contributed by atoms with Crippen molar-refractivity contribution < 1.29 is 19.1 Å². The van der Waals surface area contributed by atoms with E-state index in [1.54, 1.807) is 13.2 Å². The van der Waals surface area contributed by atoms with Gasteiger partial charge in [0.15, 0.2) is 6.61 Å². The third-order valence-corrected chi connectivity index (χ3v) is 3.77. The monoisotopic (exact) mass is 403 g/mol. The lowest BCUT2D eigenvalue weighted by molar-refractivity contribution is -0.143. The Morgan fingerprint density at radius 2 is 1.96 bits per heavy atom. The van der Waals surface area contributed by atoms with Crippen LogP contribution in [0.4, 0.5) is 0 Å². The Balaban J connectivity index is 1.76. The first kappa shape index (κ1) is 18.7. The van der Waals surface area contributed by atoms with Crippen LogP contribution in [0, 0.1) is 0 Å². The molecule has 0 fully saturated rings. The molecule has 0 aliphatic carbocycles. The molecule has 130 valence electrons. The Kier molecular flexibility index (Phi) is 7.22. The summed E-state index contributed by atoms with van der Waals surface area (Å²) in [4.78, 5) is 23.4. The van der Waals surface area contributed by atoms with Crippen LogP contribution in [0.1, 0.15) is 11.1 Å². The second-order valence-corrected chi connectivity index (χ2v) is 6.00. The fourth-order valence-electron chi connectivity index (χ4n) is 2.05. The van der Waals surface area contributed by atoms with E-state index in [1.165, 1.54) is 6.08 Å². The molecular weight excluding hydrogens is 386 g/mol. The van der Waals surface area contributed by atoms with Crippen LogP contribution in [0.5, 0.6) is 5.75 Å². The molecule has 0 bridgehead atoms. The van der Waals surface area contributed by atoms with Crippen LogP contribution in [0.25, 0.3) is 6.08 Å². The number of benzene rings is 2. The van der Waals surface area contributed by atoms with Gasteiger partial charge in [0.1, 0.15) is 5.75 Å². The molecule has 0 spiro atoms. The lowest BCUT2D eigenvalue weighted by Crippen LogP contribution is -2.28. The maximum absolute atomic E-state index is 11.8. The van der Waals surface area contributed by atoms with Crippen LogP contribution >= 0.6 is 15.9 Å². The lowest BCUT2D eigenvalue weighted by atomic mass is 10.2. The van der Waals surface area contributed by atoms with E-state index in [0.29, 0.717) is 12.3 Å². The van der Waals surface area contributed by atoms with Gasteiger partial charge in [-0.3, -0.25) is 4.79 Å². The smallest absolute Gasteiger partial charge is 0.331 e. The minimum atomic E-state index is -0.576. The van der Waals surface area contributed by atoms with Crippen LogP contribution in [0.3, 0.4) is 0 Å². The molecular formula is C19H18BrNO4. The van der Waals surface area contributed by atoms with Crippen molar-refractivity contribution in [3.63, 3.8) is 0 Å². The average Bonchev–Trinajstić information content (AvgIpc) is 2.63. The highest BCUT2D eigenvalue weighted by molar-refractivity contribution is 9.10. The van der Waals surface area contributed by atoms with E-state index in [4.69, 9.17) is 9.47 Å². The van der Waals surface area contributed by atoms with Crippen LogP contribution in [0.2, 0.25) is 0 Å². The normalized spacial score (nSPS) is 10.5. The predicted molar refractivity (Wildman–Crippen MR) is 99.0 cm³/mol. The molecule has 1 amide bonds. The molecule has 0 saturated carbocycles. The minimum absolute atomic E-state index is 0.300. The number of ether oxygens (including phenoxy) is 2. The number of rotatable bonds is 7. The number of carbonyl (C=O) groups excluding carboxylic acids is 2. The van der Waals surface area contributed by atoms with Gasteiger partial charge in [0.2, 0.25) is 0 Å². The standard InChI is InChI=1S/C19H18BrNO4/c1-24-17-8-3-2-6-15(17)12-21-18(22)13-25-19(23)10-9-14-5-4-7-16(20)11-14/h2-11H,12-13H2,1H3,(H,21,22)/b10-9+. The van der Waals surface area contributed by atoms with Gasteiger partial charge in [0.05, 0.1) is 7.11 Å². The zero-order valence-corrected chi connectivity index (χ0v) is 15.3. The highest BCUT2D eigenvalue weighted by Gasteiger charge is 2.07. The van der Waals surface area contributed by atoms with Crippen LogP contribution in [-0.2, 0) is 20.9 Å². The molecule has 0 aliphatic heterocycles. The fraction of sp³-hybridized carbons (Fsp3) is 0.158. The van der Waals surface area contributed by atoms with E-state index in [0.717, 1.165) is 15.6 Å². The zero-order valence-electron chi connectivity index (χ0n) is 13.7. The maximum Gasteiger partial charge on any atom is 0.331 e. The van der Waals surface area contributed by atoms with E-state index in [9.17, 15) is 9.59 Å². The highest BCUT2D eigenvalue weighted by Crippen LogP contribution is 2.16. The number of methoxy groups -OCH3 is 1. The van der Waals surface area contributed by atoms with Gasteiger partial charge in [-0.25, -0.2) is 4.79 Å². The van der Waals surface area contributed by atoms with Crippen molar-refractivity contribution in [1.29, 1.82) is 0 Å². The van der Waals surface area contributed by atoms with E-state index in [2.05, 4.69) is 21.2 Å². The number of amides is 1. The Labute approximate surface area is 154 Å². The SMILES string of the molecule is COc1ccccc1CNC(=O)COC(=O)/C=C/c1cccc(Br)c1. The number of halogens is 1. The van der Waals surface area contributed by atoms with E-state index in [-0.39, 0.29) is 12.5 Å². The molecule has 0 heterocycles. The van der Waals surface area contributed by atoms with Crippen molar-refractivity contribution in [1.82, 2.24) is 5.32 Å². The number of hydrogen-bond acceptors (Lipinski definition) is 4. The van der Waals surface area contributed by atoms with Gasteiger partial charge < -0.3 is 14.8 Å². The van der Waals surface area contributed by atoms with Crippen LogP contribution in [0.15, 0.2) is 59.1 Å². The van der Waals surface area contributed by atoms with Gasteiger partial charge in [-0.2, -0.15) is 0 Å². The molecule has 0 radical (unpaired) electrons. The summed E-state index contributed by atoms with van der Waals surface area (Å²) in [6, 6.07) is 14.8. The zero-order chi connectivity index (χ0) is 18.1. The number of esters is 1. The predicted octanol–water partition coefficient (Wildman–Crippen LogP) is 3.33. The summed E-state index contributed by atoms with van der Waals surface area (Å²) in [5, 5.41) is 2.68. The summed E-state index contributed by atoms with van der Waals surface area (Å²) in [5.41, 5.74) is 1.70. The van der Waals surface area contributed by atoms with Crippen molar-refractivity contribution in [3.8, 4) is 5.75 Å². The number of para-hydroxylation sites is 1. The van der Waals surface area contributed by atoms with Gasteiger partial charge >= 0.3 is 5.97 Å². The summed E-state index contributed by atoms with van der Waals surface area (Å²) in [6.07, 6.45) is 2.91. The van der Waals surface area contributed by atoms with Gasteiger partial charge in [-0.15, -0.1) is 0 Å². The van der Waals surface area contributed by atoms with E-state index in [1.807, 2.05) is 48.5 Å². The molecule has 0 aliphatic rings. The minimum Gasteiger partial charge on any atom is -0.496 e. The Morgan fingerprint density at radius 1 is 1.16 bits per heavy atom. The van der Waals surface area contributed by atoms with E-state index >= 15 is 0 Å². The van der Waals surface area contributed by atoms with Crippen molar-refractivity contribution in [3.05, 3.63) is 70.2 Å². The van der Waals surface area contributed by atoms with Gasteiger partial charge in [-0.1, -0.05) is 46.3 Å². The maximum atomic E-state index is 11.8. The average molecular weight is 404 g/mol. The number of nitrogens with one attached hydrogen (secondary N) is 1. The summed E-state index contributed by atoms with van der Waals surface area (Å²) in [6.45, 7) is -0.0366. The van der Waals surface area contributed by atoms with Crippen molar-refractivity contribution in [2.45, 2.75) is 6.54 Å². The molecule has 25 heavy (non-hydrogen) atoms. The van der Waals surface area contributed by atoms with Crippen LogP contribution < -0.4 is 10.1 Å². The first-order valence-electron chi connectivity index (χ1n) is 7.57. The van der Waals surface area contributed by atoms with Crippen molar-refractivity contribution in [2.75, 3.05) is 13.7 Å². The quantitative estimate of drug-likeness (QED) is 0.568. The largest absolute Gasteiger partial charge is 0.496 e. The third kappa shape index (κ3) is 6.43. The van der Waals surface area contributed by atoms with E-state index < -0.39 is 5.97 Å². The lowest BCUT2D eigenvalue weighted by Gasteiger charge is -2.09. The van der Waals surface area contributed by atoms with Gasteiger partial charge in [0.25, 0.3) is 5.91 Å². The van der Waals surface area contributed by atoms with Gasteiger partial charge in [0, 0.05) is 22.7 Å². The summed E-state index contributed by atoms with van der Waals surface area (Å²) in [5.74, 6) is -0.265. The Hall–Kier alpha value is -2.60. The Morgan fingerprint density at radius 3 is 2.72 bits per heavy atom. The van der Waals surface area contributed by atoms with Crippen LogP contribution in [-0.4, -0.2) is 25.6 Å². The summed E-state index contributed by atoms with van der Waals surface area (Å²) >= 11 is 3.35. The molecule has 5 nitrogen and oxygen atoms in total. The Bertz CT molecular complexity index is 774. The first-order chi connectivity index (χ1) is 12.1. The molecule has 2 aromatic rings. The van der Waals surface area contributed by atoms with Gasteiger partial charge in [-0.05, 0) is 29.8 Å². The highest BCUT2D eigenvalue weighted by atomic mass is 79.9. The second kappa shape index (κ2) is 9.64. The fourth-order valence-corrected chi connectivity index (χ4v) is 2.47. The molecule has 2 aromatic carbocycles. The molecule has 6 heteroatoms. The summed E-state index contributed by atoms with van der Waals surface area (Å²) in [7, 11) is 1.57. The van der Waals surface area contributed by atoms with Crippen molar-refractivity contribution >= 4 is 33.9 Å². The molecule has 0 unspecified atom stereocenters. The summed E-state index contributed by atoms with van der Waals surface area (Å²) < 4.78 is 11.0. The molecule has 0 saturated heterocycles. The number of hydrogen-bond donors (Lipinski definition) is 1. The molecule has 2 rings (SSSR count). The first-order valence-corrected chi connectivity index (χ1v) is 8.37. The second-order valence-electron chi connectivity index (χ2n) is 5.08.